The highest BCUT2D eigenvalue weighted by molar-refractivity contribution is 6.30. The Bertz CT molecular complexity index is 543. The van der Waals surface area contributed by atoms with Crippen molar-refractivity contribution in [3.05, 3.63) is 34.6 Å². The molecule has 1 rings (SSSR count). The average Bonchev–Trinajstić information content (AvgIpc) is 2.38. The normalized spacial score (nSPS) is 12.9. The zero-order valence-electron chi connectivity index (χ0n) is 10.8. The third kappa shape index (κ3) is 4.70. The van der Waals surface area contributed by atoms with Gasteiger partial charge in [0.2, 0.25) is 0 Å². The number of ketones is 1. The van der Waals surface area contributed by atoms with Crippen molar-refractivity contribution in [3.63, 3.8) is 0 Å². The molecule has 0 aliphatic heterocycles. The van der Waals surface area contributed by atoms with Crippen molar-refractivity contribution in [2.45, 2.75) is 19.5 Å². The van der Waals surface area contributed by atoms with E-state index >= 15 is 0 Å². The minimum atomic E-state index is -5.18. The first-order valence-electron chi connectivity index (χ1n) is 5.88. The first kappa shape index (κ1) is 17.4. The minimum absolute atomic E-state index is 0.0348. The van der Waals surface area contributed by atoms with Crippen molar-refractivity contribution in [1.29, 1.82) is 0 Å². The van der Waals surface area contributed by atoms with Crippen LogP contribution < -0.4 is 0 Å². The van der Waals surface area contributed by atoms with Gasteiger partial charge in [-0.25, -0.2) is 4.39 Å². The zero-order chi connectivity index (χ0) is 16.2. The smallest absolute Gasteiger partial charge is 0.450 e. The Labute approximate surface area is 122 Å². The lowest BCUT2D eigenvalue weighted by Gasteiger charge is -2.16. The van der Waals surface area contributed by atoms with Crippen molar-refractivity contribution in [3.8, 4) is 0 Å². The molecule has 8 heteroatoms. The van der Waals surface area contributed by atoms with Crippen LogP contribution in [0.15, 0.2) is 18.2 Å². The van der Waals surface area contributed by atoms with E-state index in [4.69, 9.17) is 11.6 Å². The number of benzene rings is 1. The molecule has 21 heavy (non-hydrogen) atoms. The molecule has 1 atom stereocenters. The van der Waals surface area contributed by atoms with Crippen LogP contribution in [-0.4, -0.2) is 24.5 Å². The van der Waals surface area contributed by atoms with E-state index in [1.165, 1.54) is 13.0 Å². The van der Waals surface area contributed by atoms with Crippen molar-refractivity contribution >= 4 is 23.4 Å². The molecule has 0 bridgehead atoms. The van der Waals surface area contributed by atoms with Crippen molar-refractivity contribution in [1.82, 2.24) is 0 Å². The first-order valence-corrected chi connectivity index (χ1v) is 6.26. The Morgan fingerprint density at radius 1 is 1.33 bits per heavy atom. The highest BCUT2D eigenvalue weighted by atomic mass is 35.5. The van der Waals surface area contributed by atoms with Gasteiger partial charge in [-0.1, -0.05) is 17.7 Å². The fourth-order valence-corrected chi connectivity index (χ4v) is 1.74. The van der Waals surface area contributed by atoms with E-state index in [9.17, 15) is 27.2 Å². The fraction of sp³-hybridized carbons (Fsp3) is 0.385. The van der Waals surface area contributed by atoms with Crippen LogP contribution in [0.5, 0.6) is 0 Å². The molecular weight excluding hydrogens is 316 g/mol. The third-order valence-electron chi connectivity index (χ3n) is 2.59. The molecule has 1 aromatic carbocycles. The van der Waals surface area contributed by atoms with E-state index in [-0.39, 0.29) is 17.2 Å². The maximum absolute atomic E-state index is 13.3. The lowest BCUT2D eigenvalue weighted by atomic mass is 9.95. The number of carbonyl (C=O) groups excluding carboxylic acids is 2. The quantitative estimate of drug-likeness (QED) is 0.473. The molecule has 0 heterocycles. The number of hydrogen-bond donors (Lipinski definition) is 0. The highest BCUT2D eigenvalue weighted by Gasteiger charge is 2.46. The van der Waals surface area contributed by atoms with Crippen LogP contribution in [0, 0.1) is 11.7 Å². The van der Waals surface area contributed by atoms with Crippen LogP contribution in [-0.2, 0) is 20.7 Å². The number of rotatable bonds is 5. The van der Waals surface area contributed by atoms with E-state index in [2.05, 4.69) is 4.74 Å². The molecule has 1 aromatic rings. The molecule has 0 aliphatic carbocycles. The molecule has 1 unspecified atom stereocenters. The predicted octanol–water partition coefficient (Wildman–Crippen LogP) is 3.33. The summed E-state index contributed by atoms with van der Waals surface area (Å²) in [6, 6.07) is 3.24. The van der Waals surface area contributed by atoms with Gasteiger partial charge in [0.05, 0.1) is 11.6 Å². The van der Waals surface area contributed by atoms with Gasteiger partial charge in [0.15, 0.2) is 0 Å². The summed E-state index contributed by atoms with van der Waals surface area (Å²) in [6.45, 7) is 1.23. The Kier molecular flexibility index (Phi) is 5.71. The monoisotopic (exact) mass is 326 g/mol. The number of Topliss-reactive ketones (excluding diaryl/α,β-unsaturated/α-hetero) is 1. The number of hydrogen-bond acceptors (Lipinski definition) is 3. The number of halogens is 5. The van der Waals surface area contributed by atoms with E-state index < -0.39 is 36.1 Å². The fourth-order valence-electron chi connectivity index (χ4n) is 1.63. The summed E-state index contributed by atoms with van der Waals surface area (Å²) in [4.78, 5) is 22.8. The Morgan fingerprint density at radius 2 is 1.95 bits per heavy atom. The van der Waals surface area contributed by atoms with E-state index in [1.807, 2.05) is 0 Å². The number of carbonyl (C=O) groups is 2. The van der Waals surface area contributed by atoms with Gasteiger partial charge in [0.1, 0.15) is 11.7 Å². The Hall–Kier alpha value is -1.63. The summed E-state index contributed by atoms with van der Waals surface area (Å²) >= 11 is 5.45. The van der Waals surface area contributed by atoms with Crippen LogP contribution >= 0.6 is 11.6 Å². The van der Waals surface area contributed by atoms with Crippen LogP contribution in [0.1, 0.15) is 12.5 Å². The van der Waals surface area contributed by atoms with Gasteiger partial charge in [0, 0.05) is 0 Å². The molecular formula is C13H11ClF4O3. The Morgan fingerprint density at radius 3 is 2.43 bits per heavy atom. The molecule has 0 fully saturated rings. The molecule has 0 aliphatic rings. The lowest BCUT2D eigenvalue weighted by molar-refractivity contribution is -0.180. The summed E-state index contributed by atoms with van der Waals surface area (Å²) in [5, 5.41) is -0.214. The zero-order valence-corrected chi connectivity index (χ0v) is 11.6. The maximum Gasteiger partial charge on any atom is 0.450 e. The standard InChI is InChI=1S/C13H11ClF4O3/c1-2-21-12(20)8(11(19)13(16,17)18)5-7-3-4-9(14)10(15)6-7/h3-4,6,8H,2,5H2,1H3. The summed E-state index contributed by atoms with van der Waals surface area (Å²) in [5.74, 6) is -6.44. The largest absolute Gasteiger partial charge is 0.465 e. The van der Waals surface area contributed by atoms with Crippen molar-refractivity contribution in [2.75, 3.05) is 6.61 Å². The van der Waals surface area contributed by atoms with Gasteiger partial charge >= 0.3 is 12.1 Å². The van der Waals surface area contributed by atoms with Crippen LogP contribution in [0.25, 0.3) is 0 Å². The molecule has 3 nitrogen and oxygen atoms in total. The second-order valence-electron chi connectivity index (χ2n) is 4.12. The summed E-state index contributed by atoms with van der Waals surface area (Å²) in [7, 11) is 0. The van der Waals surface area contributed by atoms with E-state index in [1.54, 1.807) is 0 Å². The van der Waals surface area contributed by atoms with Crippen LogP contribution in [0.4, 0.5) is 17.6 Å². The van der Waals surface area contributed by atoms with Crippen molar-refractivity contribution < 1.29 is 31.9 Å². The summed E-state index contributed by atoms with van der Waals surface area (Å²) in [6.07, 6.45) is -5.80. The van der Waals surface area contributed by atoms with Gasteiger partial charge in [-0.15, -0.1) is 0 Å². The van der Waals surface area contributed by atoms with Gasteiger partial charge in [-0.05, 0) is 31.0 Å². The number of ether oxygens (including phenoxy) is 1. The lowest BCUT2D eigenvalue weighted by Crippen LogP contribution is -2.37. The molecule has 0 radical (unpaired) electrons. The molecule has 0 N–H and O–H groups in total. The second kappa shape index (κ2) is 6.89. The van der Waals surface area contributed by atoms with E-state index in [0.717, 1.165) is 12.1 Å². The second-order valence-corrected chi connectivity index (χ2v) is 4.53. The molecule has 0 saturated carbocycles. The SMILES string of the molecule is CCOC(=O)C(Cc1ccc(Cl)c(F)c1)C(=O)C(F)(F)F. The summed E-state index contributed by atoms with van der Waals surface area (Å²) < 4.78 is 55.2. The highest BCUT2D eigenvalue weighted by Crippen LogP contribution is 2.25. The number of alkyl halides is 3. The molecule has 0 aromatic heterocycles. The molecule has 0 saturated heterocycles. The number of esters is 1. The minimum Gasteiger partial charge on any atom is -0.465 e. The van der Waals surface area contributed by atoms with Crippen molar-refractivity contribution in [2.24, 2.45) is 5.92 Å². The third-order valence-corrected chi connectivity index (χ3v) is 2.90. The van der Waals surface area contributed by atoms with Crippen LogP contribution in [0.2, 0.25) is 5.02 Å². The molecule has 116 valence electrons. The maximum atomic E-state index is 13.3. The van der Waals surface area contributed by atoms with Gasteiger partial charge < -0.3 is 4.74 Å². The average molecular weight is 327 g/mol. The first-order chi connectivity index (χ1) is 9.66. The van der Waals surface area contributed by atoms with Gasteiger partial charge in [0.25, 0.3) is 5.78 Å². The summed E-state index contributed by atoms with van der Waals surface area (Å²) in [5.41, 5.74) is 0.0348. The predicted molar refractivity (Wildman–Crippen MR) is 66.3 cm³/mol. The topological polar surface area (TPSA) is 43.4 Å². The Balaban J connectivity index is 3.04. The molecule has 0 spiro atoms. The van der Waals surface area contributed by atoms with Crippen LogP contribution in [0.3, 0.4) is 0 Å². The van der Waals surface area contributed by atoms with Gasteiger partial charge in [-0.3, -0.25) is 9.59 Å². The molecule has 0 amide bonds. The van der Waals surface area contributed by atoms with E-state index in [0.29, 0.717) is 0 Å². The van der Waals surface area contributed by atoms with Gasteiger partial charge in [-0.2, -0.15) is 13.2 Å².